The molecule has 0 atom stereocenters. The van der Waals surface area contributed by atoms with E-state index in [1.54, 1.807) is 13.4 Å². The third kappa shape index (κ3) is 8.61. The Bertz CT molecular complexity index is 816. The predicted octanol–water partition coefficient (Wildman–Crippen LogP) is 4.46. The Kier molecular flexibility index (Phi) is 10.5. The topological polar surface area (TPSA) is 62.0 Å². The number of likely N-dealkylation sites (tertiary alicyclic amines) is 1. The Labute approximate surface area is 215 Å². The number of halogens is 1. The van der Waals surface area contributed by atoms with Crippen LogP contribution in [0.1, 0.15) is 43.4 Å². The van der Waals surface area contributed by atoms with Crippen molar-refractivity contribution in [2.45, 2.75) is 51.1 Å². The van der Waals surface area contributed by atoms with Crippen LogP contribution in [0.15, 0.2) is 58.1 Å². The molecule has 2 heterocycles. The number of hydrogen-bond acceptors (Lipinski definition) is 4. The highest BCUT2D eigenvalue weighted by Crippen LogP contribution is 2.48. The van der Waals surface area contributed by atoms with Gasteiger partial charge in [0.05, 0.1) is 6.26 Å². The number of methoxy groups -OCH3 is 1. The van der Waals surface area contributed by atoms with Crippen LogP contribution in [0.3, 0.4) is 0 Å². The number of hydrogen-bond donors (Lipinski definition) is 2. The van der Waals surface area contributed by atoms with Crippen molar-refractivity contribution in [2.75, 3.05) is 39.9 Å². The smallest absolute Gasteiger partial charge is 0.191 e. The minimum Gasteiger partial charge on any atom is -0.469 e. The van der Waals surface area contributed by atoms with Gasteiger partial charge in [-0.05, 0) is 55.2 Å². The van der Waals surface area contributed by atoms with E-state index in [4.69, 9.17) is 14.1 Å². The maximum Gasteiger partial charge on any atom is 0.191 e. The number of nitrogens with one attached hydrogen (secondary N) is 2. The fraction of sp³-hybridized carbons (Fsp3) is 0.577. The summed E-state index contributed by atoms with van der Waals surface area (Å²) in [6, 6.07) is 15.2. The van der Waals surface area contributed by atoms with Crippen LogP contribution in [0.5, 0.6) is 0 Å². The molecule has 2 aromatic rings. The molecule has 182 valence electrons. The molecule has 1 saturated carbocycles. The average molecular weight is 567 g/mol. The minimum atomic E-state index is 0. The molecule has 33 heavy (non-hydrogen) atoms. The second-order valence-electron chi connectivity index (χ2n) is 9.34. The van der Waals surface area contributed by atoms with Gasteiger partial charge in [0, 0.05) is 58.9 Å². The zero-order valence-corrected chi connectivity index (χ0v) is 22.1. The Morgan fingerprint density at radius 2 is 1.94 bits per heavy atom. The molecule has 0 unspecified atom stereocenters. The first kappa shape index (κ1) is 26.0. The third-order valence-electron chi connectivity index (χ3n) is 6.79. The molecule has 0 amide bonds. The fourth-order valence-corrected chi connectivity index (χ4v) is 4.41. The number of piperidine rings is 1. The van der Waals surface area contributed by atoms with Crippen LogP contribution in [0.2, 0.25) is 0 Å². The summed E-state index contributed by atoms with van der Waals surface area (Å²) >= 11 is 0. The van der Waals surface area contributed by atoms with Gasteiger partial charge in [-0.25, -0.2) is 0 Å². The molecule has 1 aromatic carbocycles. The molecule has 0 spiro atoms. The number of ether oxygens (including phenoxy) is 1. The highest BCUT2D eigenvalue weighted by molar-refractivity contribution is 14.0. The first-order valence-corrected chi connectivity index (χ1v) is 12.1. The van der Waals surface area contributed by atoms with Crippen molar-refractivity contribution >= 4 is 29.9 Å². The van der Waals surface area contributed by atoms with Gasteiger partial charge in [-0.1, -0.05) is 30.3 Å². The molecular formula is C26H39IN4O2. The Balaban J connectivity index is 0.00000306. The summed E-state index contributed by atoms with van der Waals surface area (Å²) < 4.78 is 10.8. The number of furan rings is 1. The van der Waals surface area contributed by atoms with E-state index in [0.717, 1.165) is 76.7 Å². The van der Waals surface area contributed by atoms with Crippen molar-refractivity contribution in [1.82, 2.24) is 15.5 Å². The van der Waals surface area contributed by atoms with E-state index in [1.165, 1.54) is 18.4 Å². The van der Waals surface area contributed by atoms with Gasteiger partial charge >= 0.3 is 0 Å². The van der Waals surface area contributed by atoms with Crippen molar-refractivity contribution < 1.29 is 9.15 Å². The summed E-state index contributed by atoms with van der Waals surface area (Å²) in [6.07, 6.45) is 8.50. The van der Waals surface area contributed by atoms with Crippen LogP contribution in [-0.4, -0.2) is 56.8 Å². The number of nitrogens with zero attached hydrogens (tertiary/aromatic N) is 2. The molecule has 7 heteroatoms. The van der Waals surface area contributed by atoms with Gasteiger partial charge in [-0.15, -0.1) is 24.0 Å². The molecule has 2 aliphatic rings. The summed E-state index contributed by atoms with van der Waals surface area (Å²) in [6.45, 7) is 5.78. The van der Waals surface area contributed by atoms with Crippen molar-refractivity contribution in [1.29, 1.82) is 0 Å². The predicted molar refractivity (Wildman–Crippen MR) is 144 cm³/mol. The van der Waals surface area contributed by atoms with Crippen molar-refractivity contribution in [3.63, 3.8) is 0 Å². The molecule has 1 aromatic heterocycles. The normalized spacial score (nSPS) is 18.5. The van der Waals surface area contributed by atoms with E-state index >= 15 is 0 Å². The minimum absolute atomic E-state index is 0. The maximum absolute atomic E-state index is 5.47. The Hall–Kier alpha value is -1.58. The summed E-state index contributed by atoms with van der Waals surface area (Å²) in [5.74, 6) is 1.95. The maximum atomic E-state index is 5.47. The van der Waals surface area contributed by atoms with Crippen LogP contribution in [0, 0.1) is 5.41 Å². The van der Waals surface area contributed by atoms with E-state index in [0.29, 0.717) is 11.5 Å². The Morgan fingerprint density at radius 1 is 1.15 bits per heavy atom. The van der Waals surface area contributed by atoms with Crippen LogP contribution < -0.4 is 10.6 Å². The van der Waals surface area contributed by atoms with Gasteiger partial charge in [-0.2, -0.15) is 0 Å². The molecule has 4 rings (SSSR count). The molecule has 1 aliphatic heterocycles. The van der Waals surface area contributed by atoms with Crippen molar-refractivity contribution in [3.8, 4) is 0 Å². The highest BCUT2D eigenvalue weighted by atomic mass is 127. The molecule has 0 radical (unpaired) electrons. The third-order valence-corrected chi connectivity index (χ3v) is 6.79. The highest BCUT2D eigenvalue weighted by Gasteiger charge is 2.41. The monoisotopic (exact) mass is 566 g/mol. The lowest BCUT2D eigenvalue weighted by Crippen LogP contribution is -2.49. The summed E-state index contributed by atoms with van der Waals surface area (Å²) in [5, 5.41) is 7.27. The lowest BCUT2D eigenvalue weighted by atomic mass is 10.0. The number of benzene rings is 1. The van der Waals surface area contributed by atoms with Crippen LogP contribution in [0.25, 0.3) is 0 Å². The van der Waals surface area contributed by atoms with Gasteiger partial charge in [0.2, 0.25) is 0 Å². The molecular weight excluding hydrogens is 527 g/mol. The second kappa shape index (κ2) is 13.3. The number of guanidine groups is 1. The average Bonchev–Trinajstić information content (AvgIpc) is 3.40. The van der Waals surface area contributed by atoms with E-state index in [1.807, 2.05) is 12.1 Å². The van der Waals surface area contributed by atoms with Crippen LogP contribution >= 0.6 is 24.0 Å². The van der Waals surface area contributed by atoms with Crippen molar-refractivity contribution in [3.05, 3.63) is 60.1 Å². The fourth-order valence-electron chi connectivity index (χ4n) is 4.41. The van der Waals surface area contributed by atoms with Gasteiger partial charge in [0.15, 0.2) is 5.96 Å². The van der Waals surface area contributed by atoms with E-state index < -0.39 is 0 Å². The standard InChI is InChI=1S/C26H38N4O2.HI/c1-31-19-14-26(12-13-26)21-28-25(27-15-9-24-8-5-18-32-24)29-23-10-16-30(17-11-23)20-22-6-3-2-4-7-22;/h2-8,18,23H,9-17,19-21H2,1H3,(H2,27,28,29);1H. The van der Waals surface area contributed by atoms with Gasteiger partial charge < -0.3 is 19.8 Å². The number of aliphatic imine (C=N–C) groups is 1. The summed E-state index contributed by atoms with van der Waals surface area (Å²) in [5.41, 5.74) is 1.75. The lowest BCUT2D eigenvalue weighted by Gasteiger charge is -2.33. The molecule has 0 bridgehead atoms. The second-order valence-corrected chi connectivity index (χ2v) is 9.34. The van der Waals surface area contributed by atoms with E-state index in [2.05, 4.69) is 45.9 Å². The van der Waals surface area contributed by atoms with Gasteiger partial charge in [-0.3, -0.25) is 9.89 Å². The largest absolute Gasteiger partial charge is 0.469 e. The lowest BCUT2D eigenvalue weighted by molar-refractivity contribution is 0.174. The van der Waals surface area contributed by atoms with Gasteiger partial charge in [0.1, 0.15) is 5.76 Å². The summed E-state index contributed by atoms with van der Waals surface area (Å²) in [4.78, 5) is 7.56. The van der Waals surface area contributed by atoms with Crippen molar-refractivity contribution in [2.24, 2.45) is 10.4 Å². The Morgan fingerprint density at radius 3 is 2.61 bits per heavy atom. The molecule has 6 nitrogen and oxygen atoms in total. The number of rotatable bonds is 11. The molecule has 1 saturated heterocycles. The zero-order valence-electron chi connectivity index (χ0n) is 19.8. The SMILES string of the molecule is COCCC1(CN=C(NCCc2ccco2)NC2CCN(Cc3ccccc3)CC2)CC1.I. The van der Waals surface area contributed by atoms with Gasteiger partial charge in [0.25, 0.3) is 0 Å². The van der Waals surface area contributed by atoms with Crippen LogP contribution in [-0.2, 0) is 17.7 Å². The molecule has 2 N–H and O–H groups in total. The summed E-state index contributed by atoms with van der Waals surface area (Å²) in [7, 11) is 1.78. The van der Waals surface area contributed by atoms with Crippen LogP contribution in [0.4, 0.5) is 0 Å². The van der Waals surface area contributed by atoms with E-state index in [-0.39, 0.29) is 24.0 Å². The molecule has 2 fully saturated rings. The molecule has 1 aliphatic carbocycles. The first-order valence-electron chi connectivity index (χ1n) is 12.1. The zero-order chi connectivity index (χ0) is 22.1. The van der Waals surface area contributed by atoms with E-state index in [9.17, 15) is 0 Å². The quantitative estimate of drug-likeness (QED) is 0.239. The first-order chi connectivity index (χ1) is 15.7.